The van der Waals surface area contributed by atoms with Crippen LogP contribution >= 0.6 is 0 Å². The molecule has 0 aromatic heterocycles. The van der Waals surface area contributed by atoms with Gasteiger partial charge in [-0.15, -0.1) is 0 Å². The second-order valence-electron chi connectivity index (χ2n) is 3.73. The number of alkyl carbamates (subject to hydrolysis) is 1. The molecule has 12 heavy (non-hydrogen) atoms. The lowest BCUT2D eigenvalue weighted by atomic mass is 9.92. The largest absolute Gasteiger partial charge is 0.441 e. The van der Waals surface area contributed by atoms with Gasteiger partial charge in [-0.1, -0.05) is 0 Å². The zero-order valence-electron chi connectivity index (χ0n) is 7.30. The Balaban J connectivity index is 1.99. The van der Waals surface area contributed by atoms with Crippen molar-refractivity contribution in [2.24, 2.45) is 0 Å². The van der Waals surface area contributed by atoms with E-state index in [1.165, 1.54) is 0 Å². The molecule has 0 unspecified atom stereocenters. The minimum Gasteiger partial charge on any atom is -0.441 e. The van der Waals surface area contributed by atoms with E-state index in [0.717, 1.165) is 25.9 Å². The Hall–Kier alpha value is -0.770. The fourth-order valence-corrected chi connectivity index (χ4v) is 1.81. The molecule has 0 radical (unpaired) electrons. The van der Waals surface area contributed by atoms with Crippen LogP contribution in [0.2, 0.25) is 0 Å². The number of rotatable bonds is 0. The van der Waals surface area contributed by atoms with Crippen molar-refractivity contribution in [3.8, 4) is 0 Å². The van der Waals surface area contributed by atoms with E-state index < -0.39 is 0 Å². The molecule has 0 saturated carbocycles. The lowest BCUT2D eigenvalue weighted by molar-refractivity contribution is 0.00675. The highest BCUT2D eigenvalue weighted by Crippen LogP contribution is 2.28. The van der Waals surface area contributed by atoms with Crippen LogP contribution in [0.4, 0.5) is 4.79 Å². The molecule has 2 heterocycles. The van der Waals surface area contributed by atoms with Crippen molar-refractivity contribution < 1.29 is 9.53 Å². The van der Waals surface area contributed by atoms with Gasteiger partial charge in [0.25, 0.3) is 0 Å². The summed E-state index contributed by atoms with van der Waals surface area (Å²) in [5, 5.41) is 2.72. The summed E-state index contributed by atoms with van der Waals surface area (Å²) >= 11 is 0. The Morgan fingerprint density at radius 3 is 2.67 bits per heavy atom. The maximum absolute atomic E-state index is 10.9. The van der Waals surface area contributed by atoms with Gasteiger partial charge in [-0.2, -0.15) is 0 Å². The van der Waals surface area contributed by atoms with Crippen molar-refractivity contribution in [1.29, 1.82) is 0 Å². The Morgan fingerprint density at radius 1 is 1.50 bits per heavy atom. The average Bonchev–Trinajstić information content (AvgIpc) is 2.40. The van der Waals surface area contributed by atoms with Crippen LogP contribution < -0.4 is 5.32 Å². The summed E-state index contributed by atoms with van der Waals surface area (Å²) in [7, 11) is 2.09. The molecule has 0 aromatic rings. The average molecular weight is 170 g/mol. The number of ether oxygens (including phenoxy) is 1. The van der Waals surface area contributed by atoms with Gasteiger partial charge in [0.15, 0.2) is 0 Å². The molecular formula is C8H14N2O2. The maximum atomic E-state index is 10.9. The molecule has 0 bridgehead atoms. The van der Waals surface area contributed by atoms with Crippen LogP contribution in [0.15, 0.2) is 0 Å². The van der Waals surface area contributed by atoms with Crippen molar-refractivity contribution in [2.75, 3.05) is 26.7 Å². The van der Waals surface area contributed by atoms with Crippen molar-refractivity contribution in [1.82, 2.24) is 10.2 Å². The van der Waals surface area contributed by atoms with Crippen LogP contribution in [0.5, 0.6) is 0 Å². The number of carbonyl (C=O) groups excluding carboxylic acids is 1. The van der Waals surface area contributed by atoms with Gasteiger partial charge in [0.05, 0.1) is 6.54 Å². The third-order valence-corrected chi connectivity index (χ3v) is 2.76. The van der Waals surface area contributed by atoms with E-state index >= 15 is 0 Å². The molecule has 2 aliphatic rings. The predicted octanol–water partition coefficient (Wildman–Crippen LogP) is 0.191. The van der Waals surface area contributed by atoms with E-state index in [0.29, 0.717) is 6.54 Å². The molecular weight excluding hydrogens is 156 g/mol. The normalized spacial score (nSPS) is 28.6. The van der Waals surface area contributed by atoms with Gasteiger partial charge in [0.1, 0.15) is 5.60 Å². The van der Waals surface area contributed by atoms with Crippen LogP contribution in [0, 0.1) is 0 Å². The predicted molar refractivity (Wildman–Crippen MR) is 43.9 cm³/mol. The van der Waals surface area contributed by atoms with Crippen LogP contribution in [0.25, 0.3) is 0 Å². The topological polar surface area (TPSA) is 41.6 Å². The first kappa shape index (κ1) is 7.86. The number of piperidine rings is 1. The number of likely N-dealkylation sites (tertiary alicyclic amines) is 1. The van der Waals surface area contributed by atoms with Gasteiger partial charge in [-0.3, -0.25) is 0 Å². The molecule has 0 aliphatic carbocycles. The number of amides is 1. The van der Waals surface area contributed by atoms with Crippen LogP contribution in [0.3, 0.4) is 0 Å². The monoisotopic (exact) mass is 170 g/mol. The molecule has 1 N–H and O–H groups in total. The molecule has 4 nitrogen and oxygen atoms in total. The van der Waals surface area contributed by atoms with Gasteiger partial charge < -0.3 is 15.0 Å². The number of nitrogens with zero attached hydrogens (tertiary/aromatic N) is 1. The summed E-state index contributed by atoms with van der Waals surface area (Å²) in [6.45, 7) is 2.74. The highest BCUT2D eigenvalue weighted by molar-refractivity contribution is 5.70. The van der Waals surface area contributed by atoms with Crippen molar-refractivity contribution in [3.05, 3.63) is 0 Å². The fraction of sp³-hybridized carbons (Fsp3) is 0.875. The molecule has 1 spiro atoms. The number of nitrogens with one attached hydrogen (secondary N) is 1. The minimum atomic E-state index is -0.250. The third-order valence-electron chi connectivity index (χ3n) is 2.76. The summed E-state index contributed by atoms with van der Waals surface area (Å²) in [6.07, 6.45) is 1.67. The van der Waals surface area contributed by atoms with Crippen LogP contribution in [-0.4, -0.2) is 43.3 Å². The molecule has 2 fully saturated rings. The molecule has 2 aliphatic heterocycles. The first-order valence-electron chi connectivity index (χ1n) is 4.36. The molecule has 0 aromatic carbocycles. The SMILES string of the molecule is CN1CCC2(CC1)CNC(=O)O2. The fourth-order valence-electron chi connectivity index (χ4n) is 1.81. The van der Waals surface area contributed by atoms with E-state index in [1.807, 2.05) is 0 Å². The zero-order chi connectivity index (χ0) is 8.60. The number of hydrogen-bond donors (Lipinski definition) is 1. The number of carbonyl (C=O) groups is 1. The third kappa shape index (κ3) is 1.27. The standard InChI is InChI=1S/C8H14N2O2/c1-10-4-2-8(3-5-10)6-9-7(11)12-8/h2-6H2,1H3,(H,9,11). The minimum absolute atomic E-state index is 0.177. The van der Waals surface area contributed by atoms with E-state index in [1.54, 1.807) is 0 Å². The summed E-state index contributed by atoms with van der Waals surface area (Å²) in [4.78, 5) is 13.1. The van der Waals surface area contributed by atoms with Crippen LogP contribution in [-0.2, 0) is 4.74 Å². The van der Waals surface area contributed by atoms with Gasteiger partial charge in [-0.25, -0.2) is 4.79 Å². The quantitative estimate of drug-likeness (QED) is 0.564. The molecule has 1 amide bonds. The lowest BCUT2D eigenvalue weighted by Crippen LogP contribution is -2.45. The summed E-state index contributed by atoms with van der Waals surface area (Å²) in [6, 6.07) is 0. The van der Waals surface area contributed by atoms with Gasteiger partial charge >= 0.3 is 6.09 Å². The second kappa shape index (κ2) is 2.62. The van der Waals surface area contributed by atoms with Crippen molar-refractivity contribution in [3.63, 3.8) is 0 Å². The molecule has 68 valence electrons. The van der Waals surface area contributed by atoms with E-state index in [9.17, 15) is 4.79 Å². The summed E-state index contributed by atoms with van der Waals surface area (Å²) < 4.78 is 5.26. The van der Waals surface area contributed by atoms with Gasteiger partial charge in [0.2, 0.25) is 0 Å². The first-order valence-corrected chi connectivity index (χ1v) is 4.36. The highest BCUT2D eigenvalue weighted by Gasteiger charge is 2.41. The van der Waals surface area contributed by atoms with Gasteiger partial charge in [0, 0.05) is 25.9 Å². The zero-order valence-corrected chi connectivity index (χ0v) is 7.30. The number of hydrogen-bond acceptors (Lipinski definition) is 3. The van der Waals surface area contributed by atoms with E-state index in [-0.39, 0.29) is 11.7 Å². The second-order valence-corrected chi connectivity index (χ2v) is 3.73. The first-order chi connectivity index (χ1) is 5.70. The Bertz CT molecular complexity index is 197. The van der Waals surface area contributed by atoms with E-state index in [2.05, 4.69) is 17.3 Å². The van der Waals surface area contributed by atoms with Crippen LogP contribution in [0.1, 0.15) is 12.8 Å². The smallest absolute Gasteiger partial charge is 0.407 e. The van der Waals surface area contributed by atoms with Crippen molar-refractivity contribution in [2.45, 2.75) is 18.4 Å². The Kier molecular flexibility index (Phi) is 1.72. The van der Waals surface area contributed by atoms with E-state index in [4.69, 9.17) is 4.74 Å². The highest BCUT2D eigenvalue weighted by atomic mass is 16.6. The van der Waals surface area contributed by atoms with Gasteiger partial charge in [-0.05, 0) is 7.05 Å². The summed E-state index contributed by atoms with van der Waals surface area (Å²) in [5.41, 5.74) is -0.177. The molecule has 2 rings (SSSR count). The Morgan fingerprint density at radius 2 is 2.17 bits per heavy atom. The molecule has 0 atom stereocenters. The molecule has 4 heteroatoms. The Labute approximate surface area is 71.9 Å². The van der Waals surface area contributed by atoms with Crippen molar-refractivity contribution >= 4 is 6.09 Å². The lowest BCUT2D eigenvalue weighted by Gasteiger charge is -2.35. The summed E-state index contributed by atoms with van der Waals surface area (Å²) in [5.74, 6) is 0. The molecule has 2 saturated heterocycles. The maximum Gasteiger partial charge on any atom is 0.407 e.